The van der Waals surface area contributed by atoms with E-state index in [2.05, 4.69) is 34.3 Å². The predicted molar refractivity (Wildman–Crippen MR) is 83.3 cm³/mol. The van der Waals surface area contributed by atoms with Crippen LogP contribution < -0.4 is 5.73 Å². The van der Waals surface area contributed by atoms with Crippen molar-refractivity contribution in [2.75, 3.05) is 13.1 Å². The monoisotopic (exact) mass is 292 g/mol. The number of aromatic nitrogens is 2. The number of hydrogen-bond acceptors (Lipinski definition) is 3. The molecule has 4 nitrogen and oxygen atoms in total. The Morgan fingerprint density at radius 1 is 1.25 bits per heavy atom. The second-order valence-electron chi connectivity index (χ2n) is 5.25. The van der Waals surface area contributed by atoms with Gasteiger partial charge in [0.15, 0.2) is 0 Å². The highest BCUT2D eigenvalue weighted by molar-refractivity contribution is 5.85. The smallest absolute Gasteiger partial charge is 0.0645 e. The third-order valence-electron chi connectivity index (χ3n) is 3.65. The lowest BCUT2D eigenvalue weighted by Gasteiger charge is -2.30. The van der Waals surface area contributed by atoms with Crippen molar-refractivity contribution in [1.82, 2.24) is 14.7 Å². The molecule has 1 fully saturated rings. The van der Waals surface area contributed by atoms with Crippen LogP contribution in [0, 0.1) is 0 Å². The maximum atomic E-state index is 6.01. The zero-order valence-electron chi connectivity index (χ0n) is 11.5. The highest BCUT2D eigenvalue weighted by Gasteiger charge is 2.16. The van der Waals surface area contributed by atoms with Crippen molar-refractivity contribution < 1.29 is 0 Å². The second-order valence-corrected chi connectivity index (χ2v) is 5.25. The summed E-state index contributed by atoms with van der Waals surface area (Å²) in [5.74, 6) is 0. The van der Waals surface area contributed by atoms with Gasteiger partial charge in [-0.2, -0.15) is 5.10 Å². The number of piperidine rings is 1. The van der Waals surface area contributed by atoms with Gasteiger partial charge in [-0.1, -0.05) is 12.1 Å². The number of nitrogens with two attached hydrogens (primary N) is 1. The lowest BCUT2D eigenvalue weighted by Crippen LogP contribution is -2.42. The van der Waals surface area contributed by atoms with Gasteiger partial charge in [0.05, 0.1) is 5.69 Å². The molecule has 5 heteroatoms. The lowest BCUT2D eigenvalue weighted by molar-refractivity contribution is 0.201. The molecule has 2 N–H and O–H groups in total. The molecule has 2 aromatic rings. The maximum Gasteiger partial charge on any atom is 0.0645 e. The van der Waals surface area contributed by atoms with Crippen molar-refractivity contribution >= 4 is 12.4 Å². The van der Waals surface area contributed by atoms with Crippen molar-refractivity contribution in [3.63, 3.8) is 0 Å². The molecule has 1 aromatic heterocycles. The molecule has 1 unspecified atom stereocenters. The van der Waals surface area contributed by atoms with E-state index in [1.165, 1.54) is 12.0 Å². The second kappa shape index (κ2) is 6.88. The fourth-order valence-corrected chi connectivity index (χ4v) is 2.67. The summed E-state index contributed by atoms with van der Waals surface area (Å²) in [6, 6.07) is 10.9. The van der Waals surface area contributed by atoms with Gasteiger partial charge < -0.3 is 5.73 Å². The van der Waals surface area contributed by atoms with Crippen molar-refractivity contribution in [2.24, 2.45) is 5.73 Å². The van der Waals surface area contributed by atoms with E-state index in [1.54, 1.807) is 6.20 Å². The van der Waals surface area contributed by atoms with Crippen LogP contribution in [0.15, 0.2) is 42.7 Å². The van der Waals surface area contributed by atoms with Crippen LogP contribution in [0.3, 0.4) is 0 Å². The Labute approximate surface area is 126 Å². The van der Waals surface area contributed by atoms with Crippen molar-refractivity contribution in [3.8, 4) is 5.69 Å². The maximum absolute atomic E-state index is 6.01. The first kappa shape index (κ1) is 15.0. The zero-order valence-corrected chi connectivity index (χ0v) is 12.3. The van der Waals surface area contributed by atoms with E-state index in [-0.39, 0.29) is 12.4 Å². The van der Waals surface area contributed by atoms with Crippen LogP contribution in [0.4, 0.5) is 0 Å². The van der Waals surface area contributed by atoms with Crippen LogP contribution in [0.1, 0.15) is 18.4 Å². The van der Waals surface area contributed by atoms with E-state index in [1.807, 2.05) is 16.9 Å². The lowest BCUT2D eigenvalue weighted by atomic mass is 10.1. The van der Waals surface area contributed by atoms with Crippen LogP contribution in [0.5, 0.6) is 0 Å². The van der Waals surface area contributed by atoms with Crippen LogP contribution >= 0.6 is 12.4 Å². The summed E-state index contributed by atoms with van der Waals surface area (Å²) in [7, 11) is 0. The Balaban J connectivity index is 0.00000147. The Hall–Kier alpha value is -1.36. The number of hydrogen-bond donors (Lipinski definition) is 1. The minimum Gasteiger partial charge on any atom is -0.327 e. The quantitative estimate of drug-likeness (QED) is 0.943. The zero-order chi connectivity index (χ0) is 13.1. The highest BCUT2D eigenvalue weighted by Crippen LogP contribution is 2.14. The average Bonchev–Trinajstić information content (AvgIpc) is 2.94. The van der Waals surface area contributed by atoms with E-state index >= 15 is 0 Å². The van der Waals surface area contributed by atoms with Gasteiger partial charge in [0, 0.05) is 31.5 Å². The molecule has 1 aliphatic heterocycles. The normalized spacial score (nSPS) is 19.6. The molecule has 1 saturated heterocycles. The van der Waals surface area contributed by atoms with Gasteiger partial charge in [0.25, 0.3) is 0 Å². The number of rotatable bonds is 3. The summed E-state index contributed by atoms with van der Waals surface area (Å²) in [4.78, 5) is 2.44. The summed E-state index contributed by atoms with van der Waals surface area (Å²) in [6.45, 7) is 3.17. The molecule has 0 bridgehead atoms. The van der Waals surface area contributed by atoms with Crippen LogP contribution in [-0.2, 0) is 6.54 Å². The first-order chi connectivity index (χ1) is 9.31. The third kappa shape index (κ3) is 3.60. The fourth-order valence-electron chi connectivity index (χ4n) is 2.67. The molecule has 3 rings (SSSR count). The molecule has 20 heavy (non-hydrogen) atoms. The van der Waals surface area contributed by atoms with Crippen molar-refractivity contribution in [1.29, 1.82) is 0 Å². The van der Waals surface area contributed by atoms with E-state index in [9.17, 15) is 0 Å². The highest BCUT2D eigenvalue weighted by atomic mass is 35.5. The summed E-state index contributed by atoms with van der Waals surface area (Å²) in [6.07, 6.45) is 6.13. The molecule has 1 aliphatic rings. The Bertz CT molecular complexity index is 509. The molecule has 1 atom stereocenters. The Morgan fingerprint density at radius 3 is 2.70 bits per heavy atom. The van der Waals surface area contributed by atoms with E-state index in [0.717, 1.165) is 31.7 Å². The van der Waals surface area contributed by atoms with E-state index in [0.29, 0.717) is 6.04 Å². The number of halogens is 1. The van der Waals surface area contributed by atoms with Crippen molar-refractivity contribution in [3.05, 3.63) is 48.3 Å². The van der Waals surface area contributed by atoms with E-state index in [4.69, 9.17) is 5.73 Å². The first-order valence-corrected chi connectivity index (χ1v) is 6.88. The van der Waals surface area contributed by atoms with Crippen LogP contribution in [0.2, 0.25) is 0 Å². The third-order valence-corrected chi connectivity index (χ3v) is 3.65. The number of nitrogens with zero attached hydrogens (tertiary/aromatic N) is 3. The topological polar surface area (TPSA) is 47.1 Å². The Kier molecular flexibility index (Phi) is 5.17. The standard InChI is InChI=1S/C15H20N4.ClH/c16-14-3-1-9-18(12-14)11-13-4-6-15(7-5-13)19-10-2-8-17-19;/h2,4-8,10,14H,1,3,9,11-12,16H2;1H. The summed E-state index contributed by atoms with van der Waals surface area (Å²) in [5.41, 5.74) is 8.45. The molecule has 0 aliphatic carbocycles. The molecule has 0 spiro atoms. The van der Waals surface area contributed by atoms with Gasteiger partial charge in [-0.05, 0) is 43.1 Å². The number of likely N-dealkylation sites (tertiary alicyclic amines) is 1. The average molecular weight is 293 g/mol. The van der Waals surface area contributed by atoms with Crippen molar-refractivity contribution in [2.45, 2.75) is 25.4 Å². The van der Waals surface area contributed by atoms with Gasteiger partial charge in [-0.15, -0.1) is 12.4 Å². The SMILES string of the molecule is Cl.NC1CCCN(Cc2ccc(-n3cccn3)cc2)C1. The summed E-state index contributed by atoms with van der Waals surface area (Å²) < 4.78 is 1.88. The van der Waals surface area contributed by atoms with Gasteiger partial charge >= 0.3 is 0 Å². The molecular formula is C15H21ClN4. The molecular weight excluding hydrogens is 272 g/mol. The van der Waals surface area contributed by atoms with Crippen LogP contribution in [-0.4, -0.2) is 33.8 Å². The summed E-state index contributed by atoms with van der Waals surface area (Å²) >= 11 is 0. The minimum absolute atomic E-state index is 0. The van der Waals surface area contributed by atoms with Gasteiger partial charge in [-0.3, -0.25) is 4.90 Å². The molecule has 0 amide bonds. The van der Waals surface area contributed by atoms with E-state index < -0.39 is 0 Å². The van der Waals surface area contributed by atoms with Gasteiger partial charge in [-0.25, -0.2) is 4.68 Å². The molecule has 0 saturated carbocycles. The first-order valence-electron chi connectivity index (χ1n) is 6.88. The molecule has 108 valence electrons. The fraction of sp³-hybridized carbons (Fsp3) is 0.400. The van der Waals surface area contributed by atoms with Gasteiger partial charge in [0.2, 0.25) is 0 Å². The Morgan fingerprint density at radius 2 is 2.05 bits per heavy atom. The van der Waals surface area contributed by atoms with Gasteiger partial charge in [0.1, 0.15) is 0 Å². The minimum atomic E-state index is 0. The molecule has 1 aromatic carbocycles. The summed E-state index contributed by atoms with van der Waals surface area (Å²) in [5, 5.41) is 4.23. The molecule has 2 heterocycles. The predicted octanol–water partition coefficient (Wildman–Crippen LogP) is 2.22. The number of benzene rings is 1. The van der Waals surface area contributed by atoms with Crippen LogP contribution in [0.25, 0.3) is 5.69 Å². The molecule has 0 radical (unpaired) electrons. The largest absolute Gasteiger partial charge is 0.327 e.